The first kappa shape index (κ1) is 25.1. The molecular weight excluding hydrogens is 384 g/mol. The molecule has 0 amide bonds. The monoisotopic (exact) mass is 442 g/mol. The third-order valence-electron chi connectivity index (χ3n) is 10.8. The van der Waals surface area contributed by atoms with Gasteiger partial charge in [-0.15, -0.1) is 0 Å². The highest BCUT2D eigenvalue weighted by molar-refractivity contribution is 4.85. The molecule has 0 aromatic heterocycles. The Morgan fingerprint density at radius 3 is 0.688 bits per heavy atom. The highest BCUT2D eigenvalue weighted by Gasteiger charge is 2.33. The van der Waals surface area contributed by atoms with E-state index in [1.54, 1.807) is 128 Å². The van der Waals surface area contributed by atoms with Crippen molar-refractivity contribution in [2.24, 2.45) is 35.5 Å². The van der Waals surface area contributed by atoms with E-state index in [4.69, 9.17) is 0 Å². The summed E-state index contributed by atoms with van der Waals surface area (Å²) < 4.78 is 0. The lowest BCUT2D eigenvalue weighted by molar-refractivity contribution is 0.111. The standard InChI is InChI=1S/C32H58/c1-3-9-17-27(18-10-4-1)29-21-13-7-15-23-31(25-29)32-24-16-8-14-22-30(26-32)28-19-11-5-2-6-12-20-28/h27-32H,1-26H2. The predicted molar refractivity (Wildman–Crippen MR) is 141 cm³/mol. The van der Waals surface area contributed by atoms with Crippen molar-refractivity contribution in [2.75, 3.05) is 0 Å². The van der Waals surface area contributed by atoms with Gasteiger partial charge in [-0.1, -0.05) is 154 Å². The maximum Gasteiger partial charge on any atom is -0.0383 e. The summed E-state index contributed by atoms with van der Waals surface area (Å²) in [6.45, 7) is 0. The second kappa shape index (κ2) is 14.4. The Hall–Kier alpha value is 0. The van der Waals surface area contributed by atoms with Crippen LogP contribution in [0.1, 0.15) is 167 Å². The summed E-state index contributed by atoms with van der Waals surface area (Å²) in [5, 5.41) is 0. The molecule has 0 heterocycles. The third-order valence-corrected chi connectivity index (χ3v) is 10.8. The molecule has 0 aromatic carbocycles. The van der Waals surface area contributed by atoms with Crippen LogP contribution in [-0.2, 0) is 0 Å². The average Bonchev–Trinajstić information content (AvgIpc) is 2.69. The largest absolute Gasteiger partial charge is 0.0533 e. The molecule has 0 bridgehead atoms. The molecule has 32 heavy (non-hydrogen) atoms. The molecule has 186 valence electrons. The van der Waals surface area contributed by atoms with E-state index < -0.39 is 0 Å². The van der Waals surface area contributed by atoms with Crippen LogP contribution in [-0.4, -0.2) is 0 Å². The predicted octanol–water partition coefficient (Wildman–Crippen LogP) is 10.9. The number of hydrogen-bond donors (Lipinski definition) is 0. The molecule has 4 fully saturated rings. The van der Waals surface area contributed by atoms with Crippen molar-refractivity contribution >= 4 is 0 Å². The fraction of sp³-hybridized carbons (Fsp3) is 1.00. The molecule has 0 radical (unpaired) electrons. The van der Waals surface area contributed by atoms with Gasteiger partial charge in [0.25, 0.3) is 0 Å². The highest BCUT2D eigenvalue weighted by Crippen LogP contribution is 2.45. The smallest absolute Gasteiger partial charge is 0.0383 e. The molecule has 4 saturated carbocycles. The van der Waals surface area contributed by atoms with Gasteiger partial charge in [0.15, 0.2) is 0 Å². The molecule has 4 atom stereocenters. The van der Waals surface area contributed by atoms with Crippen molar-refractivity contribution in [3.63, 3.8) is 0 Å². The Morgan fingerprint density at radius 2 is 0.375 bits per heavy atom. The van der Waals surface area contributed by atoms with Crippen LogP contribution in [0.2, 0.25) is 0 Å². The zero-order valence-electron chi connectivity index (χ0n) is 21.8. The highest BCUT2D eigenvalue weighted by atomic mass is 14.4. The topological polar surface area (TPSA) is 0 Å². The maximum atomic E-state index is 1.63. The molecule has 4 unspecified atom stereocenters. The van der Waals surface area contributed by atoms with Crippen LogP contribution in [0.25, 0.3) is 0 Å². The molecule has 4 aliphatic rings. The lowest BCUT2D eigenvalue weighted by Gasteiger charge is -2.40. The Labute approximate surface area is 202 Å². The molecule has 0 N–H and O–H groups in total. The van der Waals surface area contributed by atoms with E-state index in [9.17, 15) is 0 Å². The lowest BCUT2D eigenvalue weighted by atomic mass is 9.66. The molecule has 0 aromatic rings. The zero-order chi connectivity index (χ0) is 21.8. The second-order valence-corrected chi connectivity index (χ2v) is 13.0. The van der Waals surface area contributed by atoms with Crippen LogP contribution in [0, 0.1) is 35.5 Å². The normalized spacial score (nSPS) is 36.4. The minimum atomic E-state index is 1.08. The van der Waals surface area contributed by atoms with E-state index in [1.165, 1.54) is 38.5 Å². The van der Waals surface area contributed by atoms with Crippen LogP contribution < -0.4 is 0 Å². The van der Waals surface area contributed by atoms with Gasteiger partial charge in [-0.3, -0.25) is 0 Å². The minimum Gasteiger partial charge on any atom is -0.0533 e. The first-order valence-electron chi connectivity index (χ1n) is 15.9. The summed E-state index contributed by atoms with van der Waals surface area (Å²) in [5.74, 6) is 6.52. The van der Waals surface area contributed by atoms with E-state index in [-0.39, 0.29) is 0 Å². The van der Waals surface area contributed by atoms with Crippen LogP contribution >= 0.6 is 0 Å². The van der Waals surface area contributed by atoms with Gasteiger partial charge < -0.3 is 0 Å². The minimum absolute atomic E-state index is 1.08. The molecular formula is C32H58. The first-order chi connectivity index (χ1) is 15.9. The molecule has 0 aliphatic heterocycles. The van der Waals surface area contributed by atoms with Crippen LogP contribution in [0.3, 0.4) is 0 Å². The quantitative estimate of drug-likeness (QED) is 0.407. The van der Waals surface area contributed by atoms with E-state index in [0.717, 1.165) is 35.5 Å². The zero-order valence-corrected chi connectivity index (χ0v) is 21.8. The van der Waals surface area contributed by atoms with Crippen molar-refractivity contribution in [1.82, 2.24) is 0 Å². The number of rotatable bonds is 3. The summed E-state index contributed by atoms with van der Waals surface area (Å²) >= 11 is 0. The Kier molecular flexibility index (Phi) is 11.3. The summed E-state index contributed by atoms with van der Waals surface area (Å²) in [4.78, 5) is 0. The van der Waals surface area contributed by atoms with Gasteiger partial charge in [-0.05, 0) is 48.3 Å². The second-order valence-electron chi connectivity index (χ2n) is 13.0. The average molecular weight is 443 g/mol. The van der Waals surface area contributed by atoms with Crippen molar-refractivity contribution in [2.45, 2.75) is 167 Å². The van der Waals surface area contributed by atoms with Crippen LogP contribution in [0.5, 0.6) is 0 Å². The van der Waals surface area contributed by atoms with Gasteiger partial charge in [0.1, 0.15) is 0 Å². The van der Waals surface area contributed by atoms with Gasteiger partial charge in [0, 0.05) is 0 Å². The van der Waals surface area contributed by atoms with Crippen LogP contribution in [0.15, 0.2) is 0 Å². The van der Waals surface area contributed by atoms with Crippen LogP contribution in [0.4, 0.5) is 0 Å². The number of hydrogen-bond acceptors (Lipinski definition) is 0. The first-order valence-corrected chi connectivity index (χ1v) is 15.9. The van der Waals surface area contributed by atoms with E-state index in [0.29, 0.717) is 0 Å². The Morgan fingerprint density at radius 1 is 0.188 bits per heavy atom. The summed E-state index contributed by atoms with van der Waals surface area (Å²) in [6, 6.07) is 0. The van der Waals surface area contributed by atoms with Crippen molar-refractivity contribution in [3.05, 3.63) is 0 Å². The summed E-state index contributed by atoms with van der Waals surface area (Å²) in [5.41, 5.74) is 0. The molecule has 4 aliphatic carbocycles. The van der Waals surface area contributed by atoms with Gasteiger partial charge in [0.2, 0.25) is 0 Å². The molecule has 0 heteroatoms. The van der Waals surface area contributed by atoms with Crippen molar-refractivity contribution in [3.8, 4) is 0 Å². The molecule has 0 nitrogen and oxygen atoms in total. The summed E-state index contributed by atoms with van der Waals surface area (Å²) in [6.07, 6.45) is 40.5. The summed E-state index contributed by atoms with van der Waals surface area (Å²) in [7, 11) is 0. The van der Waals surface area contributed by atoms with Gasteiger partial charge in [-0.2, -0.15) is 0 Å². The van der Waals surface area contributed by atoms with Gasteiger partial charge in [0.05, 0.1) is 0 Å². The maximum absolute atomic E-state index is 1.63. The lowest BCUT2D eigenvalue weighted by Crippen LogP contribution is -2.29. The fourth-order valence-electron chi connectivity index (χ4n) is 8.86. The fourth-order valence-corrected chi connectivity index (χ4v) is 8.86. The third kappa shape index (κ3) is 8.05. The molecule has 0 saturated heterocycles. The van der Waals surface area contributed by atoms with Crippen molar-refractivity contribution in [1.29, 1.82) is 0 Å². The van der Waals surface area contributed by atoms with Gasteiger partial charge >= 0.3 is 0 Å². The van der Waals surface area contributed by atoms with Gasteiger partial charge in [-0.25, -0.2) is 0 Å². The SMILES string of the molecule is C1CCCC(C2CCCCCC(C3CCCCCC(C4CCCCCCC4)C3)C2)CCC1. The Balaban J connectivity index is 1.41. The Bertz CT molecular complexity index is 420. The molecule has 0 spiro atoms. The van der Waals surface area contributed by atoms with E-state index in [2.05, 4.69) is 0 Å². The van der Waals surface area contributed by atoms with E-state index >= 15 is 0 Å². The molecule has 4 rings (SSSR count). The van der Waals surface area contributed by atoms with E-state index in [1.807, 2.05) is 0 Å². The van der Waals surface area contributed by atoms with Crippen molar-refractivity contribution < 1.29 is 0 Å².